The van der Waals surface area contributed by atoms with Gasteiger partial charge < -0.3 is 10.6 Å². The lowest BCUT2D eigenvalue weighted by molar-refractivity contribution is -0.125. The number of amides is 2. The number of nitrogens with zero attached hydrogens (tertiary/aromatic N) is 1. The summed E-state index contributed by atoms with van der Waals surface area (Å²) in [6.07, 6.45) is 2.15. The van der Waals surface area contributed by atoms with Crippen LogP contribution in [0.15, 0.2) is 18.2 Å². The molecule has 0 aliphatic carbocycles. The second kappa shape index (κ2) is 8.01. The molecule has 1 heterocycles. The third kappa shape index (κ3) is 5.59. The first kappa shape index (κ1) is 17.3. The minimum atomic E-state index is -1.04. The third-order valence-electron chi connectivity index (χ3n) is 3.89. The molecule has 1 aliphatic heterocycles. The van der Waals surface area contributed by atoms with Crippen molar-refractivity contribution in [1.82, 2.24) is 10.2 Å². The number of hydrogen-bond donors (Lipinski definition) is 2. The van der Waals surface area contributed by atoms with Gasteiger partial charge in [-0.2, -0.15) is 0 Å². The fraction of sp³-hybridized carbons (Fsp3) is 0.500. The highest BCUT2D eigenvalue weighted by Crippen LogP contribution is 2.15. The molecule has 2 amide bonds. The Balaban J connectivity index is 1.71. The van der Waals surface area contributed by atoms with Crippen LogP contribution < -0.4 is 10.6 Å². The second-order valence-corrected chi connectivity index (χ2v) is 5.91. The van der Waals surface area contributed by atoms with E-state index in [9.17, 15) is 18.4 Å². The van der Waals surface area contributed by atoms with E-state index in [0.29, 0.717) is 5.92 Å². The number of carbonyl (C=O) groups excluding carboxylic acids is 2. The lowest BCUT2D eigenvalue weighted by Gasteiger charge is -2.29. The van der Waals surface area contributed by atoms with Crippen LogP contribution in [0, 0.1) is 17.6 Å². The summed E-state index contributed by atoms with van der Waals surface area (Å²) >= 11 is 0. The van der Waals surface area contributed by atoms with Crippen molar-refractivity contribution in [2.75, 3.05) is 31.5 Å². The number of carbonyl (C=O) groups is 2. The van der Waals surface area contributed by atoms with Gasteiger partial charge in [0, 0.05) is 11.8 Å². The molecule has 1 fully saturated rings. The molecule has 23 heavy (non-hydrogen) atoms. The quantitative estimate of drug-likeness (QED) is 0.867. The Morgan fingerprint density at radius 2 is 1.87 bits per heavy atom. The zero-order valence-electron chi connectivity index (χ0n) is 13.1. The van der Waals surface area contributed by atoms with Crippen LogP contribution in [0.3, 0.4) is 0 Å². The molecule has 1 aliphatic rings. The molecule has 7 heteroatoms. The normalized spacial score (nSPS) is 16.1. The van der Waals surface area contributed by atoms with Gasteiger partial charge in [-0.15, -0.1) is 0 Å². The third-order valence-corrected chi connectivity index (χ3v) is 3.89. The molecule has 5 nitrogen and oxygen atoms in total. The van der Waals surface area contributed by atoms with E-state index in [1.807, 2.05) is 0 Å². The van der Waals surface area contributed by atoms with Gasteiger partial charge in [-0.05, 0) is 44.0 Å². The predicted octanol–water partition coefficient (Wildman–Crippen LogP) is 1.75. The first-order valence-electron chi connectivity index (χ1n) is 7.68. The number of halogens is 2. The van der Waals surface area contributed by atoms with Crippen LogP contribution in [-0.4, -0.2) is 42.9 Å². The molecular formula is C16H21F2N3O2. The summed E-state index contributed by atoms with van der Waals surface area (Å²) in [5.41, 5.74) is 0.146. The van der Waals surface area contributed by atoms with Gasteiger partial charge in [-0.3, -0.25) is 14.5 Å². The molecule has 126 valence electrons. The van der Waals surface area contributed by atoms with Gasteiger partial charge in [-0.1, -0.05) is 6.92 Å². The van der Waals surface area contributed by atoms with Crippen molar-refractivity contribution in [2.24, 2.45) is 5.92 Å². The molecule has 0 saturated carbocycles. The average molecular weight is 325 g/mol. The Kier molecular flexibility index (Phi) is 6.04. The lowest BCUT2D eigenvalue weighted by atomic mass is 9.99. The van der Waals surface area contributed by atoms with E-state index in [-0.39, 0.29) is 24.7 Å². The molecule has 1 aromatic rings. The van der Waals surface area contributed by atoms with E-state index >= 15 is 0 Å². The number of nitrogens with one attached hydrogen (secondary N) is 2. The number of rotatable bonds is 5. The van der Waals surface area contributed by atoms with Gasteiger partial charge in [0.2, 0.25) is 11.8 Å². The van der Waals surface area contributed by atoms with Crippen LogP contribution in [-0.2, 0) is 9.59 Å². The van der Waals surface area contributed by atoms with Gasteiger partial charge in [0.15, 0.2) is 11.6 Å². The fourth-order valence-electron chi connectivity index (χ4n) is 2.44. The van der Waals surface area contributed by atoms with E-state index in [2.05, 4.69) is 22.5 Å². The highest BCUT2D eigenvalue weighted by Gasteiger charge is 2.18. The van der Waals surface area contributed by atoms with E-state index < -0.39 is 17.5 Å². The van der Waals surface area contributed by atoms with Crippen LogP contribution in [0.1, 0.15) is 19.8 Å². The van der Waals surface area contributed by atoms with Gasteiger partial charge in [0.1, 0.15) is 0 Å². The van der Waals surface area contributed by atoms with Crippen molar-refractivity contribution in [3.05, 3.63) is 29.8 Å². The molecule has 0 aromatic heterocycles. The second-order valence-electron chi connectivity index (χ2n) is 5.91. The van der Waals surface area contributed by atoms with E-state index in [0.717, 1.165) is 38.1 Å². The highest BCUT2D eigenvalue weighted by molar-refractivity contribution is 5.94. The van der Waals surface area contributed by atoms with Crippen LogP contribution in [0.2, 0.25) is 0 Å². The SMILES string of the molecule is CC1CCN(CC(=O)NCC(=O)Nc2ccc(F)c(F)c2)CC1. The van der Waals surface area contributed by atoms with E-state index in [1.54, 1.807) is 0 Å². The highest BCUT2D eigenvalue weighted by atomic mass is 19.2. The topological polar surface area (TPSA) is 61.4 Å². The van der Waals surface area contributed by atoms with Gasteiger partial charge in [0.05, 0.1) is 13.1 Å². The Morgan fingerprint density at radius 3 is 2.52 bits per heavy atom. The Hall–Kier alpha value is -2.02. The summed E-state index contributed by atoms with van der Waals surface area (Å²) in [6, 6.07) is 3.08. The van der Waals surface area contributed by atoms with Crippen molar-refractivity contribution in [3.8, 4) is 0 Å². The lowest BCUT2D eigenvalue weighted by Crippen LogP contribution is -2.43. The number of piperidine rings is 1. The smallest absolute Gasteiger partial charge is 0.243 e. The van der Waals surface area contributed by atoms with Crippen LogP contribution >= 0.6 is 0 Å². The van der Waals surface area contributed by atoms with Gasteiger partial charge in [-0.25, -0.2) is 8.78 Å². The molecule has 0 radical (unpaired) electrons. The monoisotopic (exact) mass is 325 g/mol. The molecule has 0 atom stereocenters. The maximum absolute atomic E-state index is 13.0. The zero-order valence-corrected chi connectivity index (χ0v) is 13.1. The maximum Gasteiger partial charge on any atom is 0.243 e. The number of hydrogen-bond acceptors (Lipinski definition) is 3. The summed E-state index contributed by atoms with van der Waals surface area (Å²) in [4.78, 5) is 25.6. The number of likely N-dealkylation sites (tertiary alicyclic amines) is 1. The molecule has 0 bridgehead atoms. The summed E-state index contributed by atoms with van der Waals surface area (Å²) in [5, 5.41) is 4.93. The molecule has 0 unspecified atom stereocenters. The first-order chi connectivity index (χ1) is 10.9. The Labute approximate surface area is 134 Å². The zero-order chi connectivity index (χ0) is 16.8. The summed E-state index contributed by atoms with van der Waals surface area (Å²) in [7, 11) is 0. The number of benzene rings is 1. The van der Waals surface area contributed by atoms with Crippen LogP contribution in [0.4, 0.5) is 14.5 Å². The standard InChI is InChI=1S/C16H21F2N3O2/c1-11-4-6-21(7-5-11)10-16(23)19-9-15(22)20-12-2-3-13(17)14(18)8-12/h2-3,8,11H,4-7,9-10H2,1H3,(H,19,23)(H,20,22). The van der Waals surface area contributed by atoms with E-state index in [1.165, 1.54) is 6.07 Å². The minimum absolute atomic E-state index is 0.146. The van der Waals surface area contributed by atoms with Crippen molar-refractivity contribution < 1.29 is 18.4 Å². The largest absolute Gasteiger partial charge is 0.346 e. The van der Waals surface area contributed by atoms with Crippen molar-refractivity contribution in [1.29, 1.82) is 0 Å². The maximum atomic E-state index is 13.0. The summed E-state index contributed by atoms with van der Waals surface area (Å²) < 4.78 is 25.8. The van der Waals surface area contributed by atoms with Crippen molar-refractivity contribution in [3.63, 3.8) is 0 Å². The fourth-order valence-corrected chi connectivity index (χ4v) is 2.44. The predicted molar refractivity (Wildman–Crippen MR) is 82.8 cm³/mol. The Bertz CT molecular complexity index is 572. The number of anilines is 1. The van der Waals surface area contributed by atoms with Crippen molar-refractivity contribution >= 4 is 17.5 Å². The first-order valence-corrected chi connectivity index (χ1v) is 7.68. The molecular weight excluding hydrogens is 304 g/mol. The van der Waals surface area contributed by atoms with Crippen LogP contribution in [0.5, 0.6) is 0 Å². The van der Waals surface area contributed by atoms with Gasteiger partial charge >= 0.3 is 0 Å². The molecule has 2 N–H and O–H groups in total. The average Bonchev–Trinajstić information content (AvgIpc) is 2.51. The molecule has 1 saturated heterocycles. The summed E-state index contributed by atoms with van der Waals surface area (Å²) in [6.45, 7) is 4.03. The van der Waals surface area contributed by atoms with Crippen molar-refractivity contribution in [2.45, 2.75) is 19.8 Å². The van der Waals surface area contributed by atoms with Crippen LogP contribution in [0.25, 0.3) is 0 Å². The summed E-state index contributed by atoms with van der Waals surface area (Å²) in [5.74, 6) is -2.04. The Morgan fingerprint density at radius 1 is 1.17 bits per heavy atom. The molecule has 0 spiro atoms. The molecule has 1 aromatic carbocycles. The molecule has 2 rings (SSSR count). The van der Waals surface area contributed by atoms with E-state index in [4.69, 9.17) is 0 Å². The minimum Gasteiger partial charge on any atom is -0.346 e. The van der Waals surface area contributed by atoms with Gasteiger partial charge in [0.25, 0.3) is 0 Å².